The number of halogens is 3. The SMILES string of the molecule is Cc1cc(C)cc(-c2ccc(CN3CCCC3C(=O)NCC(F)(F)F)cc2)c1. The Morgan fingerprint density at radius 3 is 2.32 bits per heavy atom. The molecule has 150 valence electrons. The summed E-state index contributed by atoms with van der Waals surface area (Å²) >= 11 is 0. The number of carbonyl (C=O) groups excluding carboxylic acids is 1. The molecule has 2 aromatic carbocycles. The number of alkyl halides is 3. The van der Waals surface area contributed by atoms with E-state index in [-0.39, 0.29) is 0 Å². The normalized spacial score (nSPS) is 17.7. The monoisotopic (exact) mass is 390 g/mol. The van der Waals surface area contributed by atoms with Crippen LogP contribution in [0.3, 0.4) is 0 Å². The Balaban J connectivity index is 1.65. The maximum atomic E-state index is 12.3. The van der Waals surface area contributed by atoms with Crippen LogP contribution >= 0.6 is 0 Å². The molecule has 1 amide bonds. The molecular weight excluding hydrogens is 365 g/mol. The summed E-state index contributed by atoms with van der Waals surface area (Å²) in [5, 5.41) is 2.02. The van der Waals surface area contributed by atoms with E-state index >= 15 is 0 Å². The maximum absolute atomic E-state index is 12.3. The van der Waals surface area contributed by atoms with Crippen molar-refractivity contribution in [1.82, 2.24) is 10.2 Å². The summed E-state index contributed by atoms with van der Waals surface area (Å²) in [7, 11) is 0. The van der Waals surface area contributed by atoms with Crippen LogP contribution in [0, 0.1) is 13.8 Å². The van der Waals surface area contributed by atoms with Crippen molar-refractivity contribution < 1.29 is 18.0 Å². The lowest BCUT2D eigenvalue weighted by atomic mass is 9.99. The summed E-state index contributed by atoms with van der Waals surface area (Å²) < 4.78 is 37.0. The smallest absolute Gasteiger partial charge is 0.346 e. The van der Waals surface area contributed by atoms with Crippen molar-refractivity contribution in [2.24, 2.45) is 0 Å². The lowest BCUT2D eigenvalue weighted by Gasteiger charge is -2.24. The predicted octanol–water partition coefficient (Wildman–Crippen LogP) is 4.61. The van der Waals surface area contributed by atoms with E-state index in [4.69, 9.17) is 0 Å². The van der Waals surface area contributed by atoms with E-state index < -0.39 is 24.7 Å². The van der Waals surface area contributed by atoms with Gasteiger partial charge in [-0.15, -0.1) is 0 Å². The highest BCUT2D eigenvalue weighted by atomic mass is 19.4. The zero-order valence-electron chi connectivity index (χ0n) is 16.1. The third-order valence-corrected chi connectivity index (χ3v) is 5.02. The second kappa shape index (κ2) is 8.35. The summed E-state index contributed by atoms with van der Waals surface area (Å²) in [4.78, 5) is 14.1. The Labute approximate surface area is 163 Å². The molecule has 3 nitrogen and oxygen atoms in total. The fraction of sp³-hybridized carbons (Fsp3) is 0.409. The number of carbonyl (C=O) groups is 1. The Kier molecular flexibility index (Phi) is 6.08. The van der Waals surface area contributed by atoms with E-state index in [1.807, 2.05) is 22.3 Å². The molecule has 2 aromatic rings. The third kappa shape index (κ3) is 5.35. The van der Waals surface area contributed by atoms with Crippen LogP contribution in [-0.4, -0.2) is 36.1 Å². The van der Waals surface area contributed by atoms with Gasteiger partial charge in [-0.3, -0.25) is 9.69 Å². The minimum absolute atomic E-state index is 0.499. The van der Waals surface area contributed by atoms with Crippen LogP contribution in [0.1, 0.15) is 29.5 Å². The molecule has 1 aliphatic rings. The first-order valence-electron chi connectivity index (χ1n) is 9.47. The zero-order chi connectivity index (χ0) is 20.3. The molecule has 6 heteroatoms. The van der Waals surface area contributed by atoms with Gasteiger partial charge < -0.3 is 5.32 Å². The van der Waals surface area contributed by atoms with Gasteiger partial charge in [-0.25, -0.2) is 0 Å². The molecule has 1 N–H and O–H groups in total. The molecule has 0 saturated carbocycles. The van der Waals surface area contributed by atoms with Crippen LogP contribution in [0.2, 0.25) is 0 Å². The number of nitrogens with one attached hydrogen (secondary N) is 1. The van der Waals surface area contributed by atoms with E-state index in [2.05, 4.69) is 44.2 Å². The molecule has 3 rings (SSSR count). The highest BCUT2D eigenvalue weighted by Gasteiger charge is 2.34. The number of nitrogens with zero attached hydrogens (tertiary/aromatic N) is 1. The van der Waals surface area contributed by atoms with E-state index in [9.17, 15) is 18.0 Å². The fourth-order valence-electron chi connectivity index (χ4n) is 3.80. The Morgan fingerprint density at radius 1 is 1.07 bits per heavy atom. The number of likely N-dealkylation sites (tertiary alicyclic amines) is 1. The highest BCUT2D eigenvalue weighted by Crippen LogP contribution is 2.25. The number of hydrogen-bond donors (Lipinski definition) is 1. The first-order chi connectivity index (χ1) is 13.2. The van der Waals surface area contributed by atoms with Crippen LogP contribution in [0.4, 0.5) is 13.2 Å². The molecular formula is C22H25F3N2O. The first kappa shape index (κ1) is 20.4. The summed E-state index contributed by atoms with van der Waals surface area (Å²) in [6.45, 7) is 4.13. The molecule has 28 heavy (non-hydrogen) atoms. The van der Waals surface area contributed by atoms with Crippen molar-refractivity contribution in [3.63, 3.8) is 0 Å². The topological polar surface area (TPSA) is 32.3 Å². The number of benzene rings is 2. The Hall–Kier alpha value is -2.34. The molecule has 0 spiro atoms. The van der Waals surface area contributed by atoms with Crippen molar-refractivity contribution in [2.75, 3.05) is 13.1 Å². The van der Waals surface area contributed by atoms with Gasteiger partial charge in [-0.05, 0) is 49.9 Å². The lowest BCUT2D eigenvalue weighted by Crippen LogP contribution is -2.45. The van der Waals surface area contributed by atoms with Crippen LogP contribution in [0.25, 0.3) is 11.1 Å². The van der Waals surface area contributed by atoms with Crippen molar-refractivity contribution in [1.29, 1.82) is 0 Å². The maximum Gasteiger partial charge on any atom is 0.405 e. The van der Waals surface area contributed by atoms with E-state index in [0.29, 0.717) is 19.5 Å². The Bertz CT molecular complexity index is 810. The molecule has 0 radical (unpaired) electrons. The van der Waals surface area contributed by atoms with Crippen LogP contribution in [0.15, 0.2) is 42.5 Å². The average Bonchev–Trinajstić information content (AvgIpc) is 3.07. The molecule has 1 atom stereocenters. The number of amides is 1. The van der Waals surface area contributed by atoms with Gasteiger partial charge >= 0.3 is 6.18 Å². The number of aryl methyl sites for hydroxylation is 2. The van der Waals surface area contributed by atoms with Gasteiger partial charge in [-0.1, -0.05) is 53.6 Å². The van der Waals surface area contributed by atoms with Gasteiger partial charge in [0.1, 0.15) is 6.54 Å². The van der Waals surface area contributed by atoms with Gasteiger partial charge in [-0.2, -0.15) is 13.2 Å². The van der Waals surface area contributed by atoms with Crippen molar-refractivity contribution in [3.8, 4) is 11.1 Å². The number of rotatable bonds is 5. The van der Waals surface area contributed by atoms with Gasteiger partial charge in [0.05, 0.1) is 6.04 Å². The summed E-state index contributed by atoms with van der Waals surface area (Å²) in [5.41, 5.74) is 5.75. The lowest BCUT2D eigenvalue weighted by molar-refractivity contribution is -0.141. The van der Waals surface area contributed by atoms with Crippen LogP contribution < -0.4 is 5.32 Å². The van der Waals surface area contributed by atoms with Gasteiger partial charge in [0.2, 0.25) is 5.91 Å². The second-order valence-corrected chi connectivity index (χ2v) is 7.53. The predicted molar refractivity (Wildman–Crippen MR) is 104 cm³/mol. The molecule has 1 fully saturated rings. The van der Waals surface area contributed by atoms with E-state index in [1.54, 1.807) is 0 Å². The summed E-state index contributed by atoms with van der Waals surface area (Å²) in [5.74, 6) is -0.540. The number of hydrogen-bond acceptors (Lipinski definition) is 2. The molecule has 1 heterocycles. The van der Waals surface area contributed by atoms with E-state index in [1.165, 1.54) is 11.1 Å². The third-order valence-electron chi connectivity index (χ3n) is 5.02. The van der Waals surface area contributed by atoms with Gasteiger partial charge in [0, 0.05) is 6.54 Å². The minimum Gasteiger partial charge on any atom is -0.346 e. The molecule has 1 unspecified atom stereocenters. The highest BCUT2D eigenvalue weighted by molar-refractivity contribution is 5.82. The summed E-state index contributed by atoms with van der Waals surface area (Å²) in [6.07, 6.45) is -2.99. The van der Waals surface area contributed by atoms with Gasteiger partial charge in [0.15, 0.2) is 0 Å². The molecule has 1 aliphatic heterocycles. The van der Waals surface area contributed by atoms with Crippen molar-refractivity contribution in [3.05, 3.63) is 59.2 Å². The first-order valence-corrected chi connectivity index (χ1v) is 9.47. The minimum atomic E-state index is -4.39. The second-order valence-electron chi connectivity index (χ2n) is 7.53. The zero-order valence-corrected chi connectivity index (χ0v) is 16.1. The molecule has 0 bridgehead atoms. The van der Waals surface area contributed by atoms with E-state index in [0.717, 1.165) is 23.1 Å². The van der Waals surface area contributed by atoms with Crippen molar-refractivity contribution >= 4 is 5.91 Å². The fourth-order valence-corrected chi connectivity index (χ4v) is 3.80. The summed E-state index contributed by atoms with van der Waals surface area (Å²) in [6, 6.07) is 14.1. The average molecular weight is 390 g/mol. The van der Waals surface area contributed by atoms with Crippen LogP contribution in [-0.2, 0) is 11.3 Å². The van der Waals surface area contributed by atoms with Crippen LogP contribution in [0.5, 0.6) is 0 Å². The molecule has 0 aromatic heterocycles. The molecule has 1 saturated heterocycles. The quantitative estimate of drug-likeness (QED) is 0.808. The van der Waals surface area contributed by atoms with Crippen molar-refractivity contribution in [2.45, 2.75) is 45.5 Å². The standard InChI is InChI=1S/C22H25F3N2O/c1-15-10-16(2)12-19(11-15)18-7-5-17(6-8-18)13-27-9-3-4-20(27)21(28)26-14-22(23,24)25/h5-8,10-12,20H,3-4,9,13-14H2,1-2H3,(H,26,28). The molecule has 0 aliphatic carbocycles. The Morgan fingerprint density at radius 2 is 1.71 bits per heavy atom. The van der Waals surface area contributed by atoms with Gasteiger partial charge in [0.25, 0.3) is 0 Å². The largest absolute Gasteiger partial charge is 0.405 e.